The Morgan fingerprint density at radius 1 is 0.827 bits per heavy atom. The number of carbonyl (C=O) groups is 2. The van der Waals surface area contributed by atoms with Gasteiger partial charge < -0.3 is 54.9 Å². The molecule has 21 heteroatoms. The van der Waals surface area contributed by atoms with E-state index in [1.54, 1.807) is 24.3 Å². The van der Waals surface area contributed by atoms with Crippen LogP contribution in [0.2, 0.25) is 0 Å². The Balaban J connectivity index is 1.09. The van der Waals surface area contributed by atoms with Gasteiger partial charge in [0.1, 0.15) is 53.6 Å². The molecule has 0 unspecified atom stereocenters. The number of halogens is 6. The Morgan fingerprint density at radius 2 is 1.27 bits per heavy atom. The standard InChI is InChI=1S/C31H30Br6N4O11/c1-48-24-16(34)5-30(26(44)21(24)36)7-18(40-51-30)28(46)38-9-13(42)11-50-23-14(32)3-12(4-15(23)33)20(43)10-39-29(47)19-8-31(52-41-19)6-17(35)25(49-2)22(37)27(31)45/h3-6,13,20,26-27,42-45H,7-11H2,1-2H3,(H,38,46)(H,39,47)/t13-,20+,26+,27+,30-,31-/m1/s1. The number of allylic oxidation sites excluding steroid dienone is 2. The van der Waals surface area contributed by atoms with E-state index in [1.165, 1.54) is 14.2 Å². The molecule has 2 heterocycles. The molecule has 282 valence electrons. The fourth-order valence-electron chi connectivity index (χ4n) is 5.51. The first-order valence-corrected chi connectivity index (χ1v) is 19.9. The van der Waals surface area contributed by atoms with E-state index in [-0.39, 0.29) is 44.0 Å². The number of hydrogen-bond acceptors (Lipinski definition) is 13. The number of hydrogen-bond donors (Lipinski definition) is 6. The Hall–Kier alpha value is -1.82. The highest BCUT2D eigenvalue weighted by atomic mass is 79.9. The molecule has 1 aromatic carbocycles. The minimum absolute atomic E-state index is 0.0225. The van der Waals surface area contributed by atoms with Crippen LogP contribution < -0.4 is 15.4 Å². The van der Waals surface area contributed by atoms with E-state index in [9.17, 15) is 30.0 Å². The lowest BCUT2D eigenvalue weighted by Gasteiger charge is -2.33. The number of carbonyl (C=O) groups excluding carboxylic acids is 2. The van der Waals surface area contributed by atoms with Gasteiger partial charge in [0.15, 0.2) is 11.2 Å². The summed E-state index contributed by atoms with van der Waals surface area (Å²) in [7, 11) is 2.91. The van der Waals surface area contributed by atoms with Crippen LogP contribution in [0.4, 0.5) is 0 Å². The van der Waals surface area contributed by atoms with E-state index >= 15 is 0 Å². The van der Waals surface area contributed by atoms with E-state index in [2.05, 4.69) is 117 Å². The second-order valence-electron chi connectivity index (χ2n) is 11.8. The maximum absolute atomic E-state index is 12.9. The first kappa shape index (κ1) is 41.3. The summed E-state index contributed by atoms with van der Waals surface area (Å²) in [4.78, 5) is 36.8. The minimum Gasteiger partial charge on any atom is -0.495 e. The van der Waals surface area contributed by atoms with E-state index < -0.39 is 47.4 Å². The first-order valence-electron chi connectivity index (χ1n) is 15.1. The minimum atomic E-state index is -1.32. The van der Waals surface area contributed by atoms with Crippen LogP contribution in [-0.2, 0) is 28.7 Å². The van der Waals surface area contributed by atoms with Gasteiger partial charge in [-0.05, 0) is 125 Å². The molecule has 15 nitrogen and oxygen atoms in total. The molecule has 6 N–H and O–H groups in total. The lowest BCUT2D eigenvalue weighted by Crippen LogP contribution is -2.45. The van der Waals surface area contributed by atoms with Crippen LogP contribution in [0.5, 0.6) is 5.75 Å². The third kappa shape index (κ3) is 8.37. The number of methoxy groups -OCH3 is 2. The van der Waals surface area contributed by atoms with Gasteiger partial charge in [-0.3, -0.25) is 9.59 Å². The largest absolute Gasteiger partial charge is 0.495 e. The van der Waals surface area contributed by atoms with Crippen molar-refractivity contribution < 1.29 is 53.9 Å². The molecule has 0 fully saturated rings. The zero-order valence-corrected chi connectivity index (χ0v) is 36.5. The van der Waals surface area contributed by atoms with Crippen molar-refractivity contribution in [2.45, 2.75) is 48.5 Å². The van der Waals surface area contributed by atoms with Crippen LogP contribution in [0, 0.1) is 0 Å². The fourth-order valence-corrected chi connectivity index (χ4v) is 10.5. The molecular formula is C31H30Br6N4O11. The topological polar surface area (TPSA) is 210 Å². The maximum atomic E-state index is 12.9. The Bertz CT molecular complexity index is 1810. The van der Waals surface area contributed by atoms with Gasteiger partial charge >= 0.3 is 0 Å². The Morgan fingerprint density at radius 3 is 1.71 bits per heavy atom. The summed E-state index contributed by atoms with van der Waals surface area (Å²) < 4.78 is 18.9. The van der Waals surface area contributed by atoms with Crippen molar-refractivity contribution in [3.05, 3.63) is 68.2 Å². The SMILES string of the molecule is COC1=C(Br)[C@H](O)[C@@]2(C=C1Br)CC(C(=O)NC[C@@H](O)COc1c(Br)cc([C@@H](O)CNC(=O)C3=NO[C@]4(C=C(Br)C(OC)=C(Br)[C@@H]4O)C3)cc1Br)=NO2. The molecule has 6 atom stereocenters. The molecule has 4 aliphatic rings. The van der Waals surface area contributed by atoms with Crippen molar-refractivity contribution >= 4 is 119 Å². The molecule has 2 amide bonds. The van der Waals surface area contributed by atoms with E-state index in [0.29, 0.717) is 49.7 Å². The second-order valence-corrected chi connectivity index (χ2v) is 16.9. The van der Waals surface area contributed by atoms with E-state index in [4.69, 9.17) is 23.9 Å². The number of amides is 2. The highest BCUT2D eigenvalue weighted by molar-refractivity contribution is 9.12. The van der Waals surface area contributed by atoms with Crippen LogP contribution >= 0.6 is 95.6 Å². The lowest BCUT2D eigenvalue weighted by atomic mass is 9.87. The van der Waals surface area contributed by atoms with Crippen molar-refractivity contribution in [1.29, 1.82) is 0 Å². The van der Waals surface area contributed by atoms with Crippen LogP contribution in [0.25, 0.3) is 0 Å². The third-order valence-corrected chi connectivity index (χ3v) is 12.2. The van der Waals surface area contributed by atoms with Crippen LogP contribution in [0.3, 0.4) is 0 Å². The molecule has 0 saturated carbocycles. The number of benzene rings is 1. The molecule has 5 rings (SSSR count). The summed E-state index contributed by atoms with van der Waals surface area (Å²) in [5.41, 5.74) is -2.16. The van der Waals surface area contributed by atoms with Crippen LogP contribution in [0.1, 0.15) is 24.5 Å². The van der Waals surface area contributed by atoms with Crippen molar-refractivity contribution in [2.24, 2.45) is 10.3 Å². The number of aliphatic hydroxyl groups excluding tert-OH is 4. The molecule has 1 aromatic rings. The molecule has 0 aromatic heterocycles. The fraction of sp³-hybridized carbons (Fsp3) is 0.419. The summed E-state index contributed by atoms with van der Waals surface area (Å²) in [5.74, 6) is -0.0771. The van der Waals surface area contributed by atoms with Gasteiger partial charge in [-0.25, -0.2) is 0 Å². The van der Waals surface area contributed by atoms with Gasteiger partial charge in [0.2, 0.25) is 0 Å². The monoisotopic (exact) mass is 1110 g/mol. The average molecular weight is 1110 g/mol. The summed E-state index contributed by atoms with van der Waals surface area (Å²) in [6, 6.07) is 3.19. The van der Waals surface area contributed by atoms with Gasteiger partial charge in [0.05, 0.1) is 47.2 Å². The zero-order valence-electron chi connectivity index (χ0n) is 27.0. The first-order chi connectivity index (χ1) is 24.6. The zero-order chi connectivity index (χ0) is 38.1. The summed E-state index contributed by atoms with van der Waals surface area (Å²) >= 11 is 20.2. The number of rotatable bonds is 12. The summed E-state index contributed by atoms with van der Waals surface area (Å²) in [5, 5.41) is 56.0. The predicted octanol–water partition coefficient (Wildman–Crippen LogP) is 4.06. The smallest absolute Gasteiger partial charge is 0.269 e. The molecular weight excluding hydrogens is 1080 g/mol. The van der Waals surface area contributed by atoms with Crippen molar-refractivity contribution in [3.8, 4) is 5.75 Å². The van der Waals surface area contributed by atoms with E-state index in [0.717, 1.165) is 0 Å². The highest BCUT2D eigenvalue weighted by Gasteiger charge is 2.52. The predicted molar refractivity (Wildman–Crippen MR) is 208 cm³/mol. The number of ether oxygens (including phenoxy) is 3. The van der Waals surface area contributed by atoms with Gasteiger partial charge in [0, 0.05) is 25.9 Å². The van der Waals surface area contributed by atoms with Crippen LogP contribution in [0.15, 0.2) is 73.0 Å². The van der Waals surface area contributed by atoms with Gasteiger partial charge in [-0.1, -0.05) is 10.3 Å². The highest BCUT2D eigenvalue weighted by Crippen LogP contribution is 2.45. The summed E-state index contributed by atoms with van der Waals surface area (Å²) in [6.07, 6.45) is -1.53. The normalized spacial score (nSPS) is 26.5. The number of oxime groups is 2. The number of aliphatic hydroxyl groups is 4. The van der Waals surface area contributed by atoms with Gasteiger partial charge in [-0.2, -0.15) is 0 Å². The Kier molecular flexibility index (Phi) is 13.4. The number of nitrogens with one attached hydrogen (secondary N) is 2. The Labute approximate surface area is 347 Å². The molecule has 2 spiro atoms. The quantitative estimate of drug-likeness (QED) is 0.176. The van der Waals surface area contributed by atoms with Crippen molar-refractivity contribution in [2.75, 3.05) is 33.9 Å². The average Bonchev–Trinajstić information content (AvgIpc) is 3.73. The summed E-state index contributed by atoms with van der Waals surface area (Å²) in [6.45, 7) is -0.560. The molecule has 0 radical (unpaired) electrons. The van der Waals surface area contributed by atoms with Crippen molar-refractivity contribution in [3.63, 3.8) is 0 Å². The van der Waals surface area contributed by atoms with Gasteiger partial charge in [0.25, 0.3) is 11.8 Å². The lowest BCUT2D eigenvalue weighted by molar-refractivity contribution is -0.116. The second kappa shape index (κ2) is 16.9. The third-order valence-electron chi connectivity index (χ3n) is 8.27. The van der Waals surface area contributed by atoms with Crippen molar-refractivity contribution in [1.82, 2.24) is 10.6 Å². The number of nitrogens with zero attached hydrogens (tertiary/aromatic N) is 2. The molecule has 0 bridgehead atoms. The molecule has 52 heavy (non-hydrogen) atoms. The molecule has 0 saturated heterocycles. The van der Waals surface area contributed by atoms with E-state index in [1.807, 2.05) is 0 Å². The van der Waals surface area contributed by atoms with Crippen LogP contribution in [-0.4, -0.2) is 107 Å². The maximum Gasteiger partial charge on any atom is 0.269 e. The van der Waals surface area contributed by atoms with Gasteiger partial charge in [-0.15, -0.1) is 0 Å². The molecule has 2 aliphatic heterocycles. The molecule has 2 aliphatic carbocycles.